The molecule has 35 heavy (non-hydrogen) atoms. The lowest BCUT2D eigenvalue weighted by atomic mass is 10.00. The van der Waals surface area contributed by atoms with Gasteiger partial charge in [0.2, 0.25) is 0 Å². The second-order valence-electron chi connectivity index (χ2n) is 9.22. The minimum Gasteiger partial charge on any atom is -0.463 e. The molecule has 12 heteroatoms. The van der Waals surface area contributed by atoms with E-state index in [1.54, 1.807) is 0 Å². The molecule has 5 N–H and O–H groups in total. The SMILES string of the molecule is CCCCCCCCCCCCCC(=O)OC[C@@H](O)CO[C@@H]1O[C@H](CS(=O)(=O)O)[C@@H](O)[C@H](O)[C@H]1O. The molecule has 0 radical (unpaired) electrons. The summed E-state index contributed by atoms with van der Waals surface area (Å²) in [4.78, 5) is 11.8. The van der Waals surface area contributed by atoms with Crippen molar-refractivity contribution in [2.24, 2.45) is 0 Å². The Morgan fingerprint density at radius 3 is 1.94 bits per heavy atom. The van der Waals surface area contributed by atoms with Crippen LogP contribution < -0.4 is 0 Å². The second kappa shape index (κ2) is 17.6. The van der Waals surface area contributed by atoms with Gasteiger partial charge in [0.1, 0.15) is 42.9 Å². The van der Waals surface area contributed by atoms with Crippen LogP contribution in [0.4, 0.5) is 0 Å². The molecule has 0 spiro atoms. The maximum absolute atomic E-state index is 11.8. The zero-order valence-corrected chi connectivity index (χ0v) is 21.5. The van der Waals surface area contributed by atoms with Gasteiger partial charge in [-0.05, 0) is 6.42 Å². The van der Waals surface area contributed by atoms with Crippen LogP contribution in [0.5, 0.6) is 0 Å². The van der Waals surface area contributed by atoms with E-state index in [1.807, 2.05) is 0 Å². The third-order valence-electron chi connectivity index (χ3n) is 5.92. The Kier molecular flexibility index (Phi) is 16.1. The number of hydrogen-bond donors (Lipinski definition) is 5. The average Bonchev–Trinajstić information content (AvgIpc) is 2.80. The summed E-state index contributed by atoms with van der Waals surface area (Å²) in [5.74, 6) is -1.46. The molecule has 1 aliphatic heterocycles. The van der Waals surface area contributed by atoms with Gasteiger partial charge in [0.15, 0.2) is 6.29 Å². The molecule has 11 nitrogen and oxygen atoms in total. The van der Waals surface area contributed by atoms with E-state index in [0.29, 0.717) is 6.42 Å². The minimum absolute atomic E-state index is 0.246. The van der Waals surface area contributed by atoms with Crippen molar-refractivity contribution < 1.29 is 52.4 Å². The standard InChI is InChI=1S/C23H44O11S/c1-2-3-4-5-6-7-8-9-10-11-12-13-19(25)32-14-17(24)15-33-23-22(28)21(27)20(26)18(34-23)16-35(29,30)31/h17-18,20-24,26-28H,2-16H2,1H3,(H,29,30,31)/t17-,18-,20-,21+,22-,23-/m1/s1. The van der Waals surface area contributed by atoms with Gasteiger partial charge in [0, 0.05) is 6.42 Å². The normalized spacial score (nSPS) is 25.9. The largest absolute Gasteiger partial charge is 0.463 e. The predicted molar refractivity (Wildman–Crippen MR) is 127 cm³/mol. The van der Waals surface area contributed by atoms with E-state index in [2.05, 4.69) is 6.92 Å². The summed E-state index contributed by atoms with van der Waals surface area (Å²) in [5.41, 5.74) is 0. The summed E-state index contributed by atoms with van der Waals surface area (Å²) < 4.78 is 46.3. The first-order valence-corrected chi connectivity index (χ1v) is 14.3. The quantitative estimate of drug-likeness (QED) is 0.0926. The first-order chi connectivity index (χ1) is 16.5. The highest BCUT2D eigenvalue weighted by Crippen LogP contribution is 2.23. The van der Waals surface area contributed by atoms with Gasteiger partial charge in [-0.25, -0.2) is 0 Å². The highest BCUT2D eigenvalue weighted by Gasteiger charge is 2.45. The Morgan fingerprint density at radius 2 is 1.40 bits per heavy atom. The molecule has 6 atom stereocenters. The Hall–Kier alpha value is -0.860. The second-order valence-corrected chi connectivity index (χ2v) is 10.7. The molecule has 0 aromatic heterocycles. The van der Waals surface area contributed by atoms with Crippen molar-refractivity contribution in [3.8, 4) is 0 Å². The van der Waals surface area contributed by atoms with Gasteiger partial charge < -0.3 is 34.6 Å². The van der Waals surface area contributed by atoms with Crippen molar-refractivity contribution in [1.82, 2.24) is 0 Å². The van der Waals surface area contributed by atoms with Gasteiger partial charge in [0.25, 0.3) is 10.1 Å². The van der Waals surface area contributed by atoms with Crippen LogP contribution in [-0.4, -0.2) is 95.1 Å². The predicted octanol–water partition coefficient (Wildman–Crippen LogP) is 1.30. The number of esters is 1. The summed E-state index contributed by atoms with van der Waals surface area (Å²) >= 11 is 0. The van der Waals surface area contributed by atoms with Gasteiger partial charge in [-0.2, -0.15) is 8.42 Å². The Labute approximate surface area is 208 Å². The van der Waals surface area contributed by atoms with Crippen LogP contribution in [0.3, 0.4) is 0 Å². The number of carbonyl (C=O) groups excluding carboxylic acids is 1. The van der Waals surface area contributed by atoms with Gasteiger partial charge in [-0.15, -0.1) is 0 Å². The summed E-state index contributed by atoms with van der Waals surface area (Å²) in [6.07, 6.45) is 3.43. The molecule has 1 aliphatic rings. The smallest absolute Gasteiger partial charge is 0.305 e. The van der Waals surface area contributed by atoms with E-state index >= 15 is 0 Å². The molecule has 0 amide bonds. The average molecular weight is 529 g/mol. The minimum atomic E-state index is -4.53. The van der Waals surface area contributed by atoms with Crippen molar-refractivity contribution in [2.75, 3.05) is 19.0 Å². The Bertz CT molecular complexity index is 672. The number of rotatable bonds is 19. The zero-order valence-electron chi connectivity index (χ0n) is 20.7. The molecule has 0 aromatic carbocycles. The van der Waals surface area contributed by atoms with Crippen LogP contribution in [0.25, 0.3) is 0 Å². The molecule has 0 aromatic rings. The van der Waals surface area contributed by atoms with Crippen LogP contribution in [0, 0.1) is 0 Å². The van der Waals surface area contributed by atoms with Crippen molar-refractivity contribution in [3.05, 3.63) is 0 Å². The first-order valence-electron chi connectivity index (χ1n) is 12.6. The molecule has 1 fully saturated rings. The van der Waals surface area contributed by atoms with Crippen molar-refractivity contribution in [1.29, 1.82) is 0 Å². The highest BCUT2D eigenvalue weighted by molar-refractivity contribution is 7.85. The monoisotopic (exact) mass is 528 g/mol. The van der Waals surface area contributed by atoms with Crippen LogP contribution in [0.15, 0.2) is 0 Å². The number of ether oxygens (including phenoxy) is 3. The fourth-order valence-electron chi connectivity index (χ4n) is 3.85. The number of aliphatic hydroxyl groups is 4. The number of hydrogen-bond acceptors (Lipinski definition) is 10. The molecule has 0 aliphatic carbocycles. The summed E-state index contributed by atoms with van der Waals surface area (Å²) in [6.45, 7) is 1.41. The fraction of sp³-hybridized carbons (Fsp3) is 0.957. The van der Waals surface area contributed by atoms with E-state index in [4.69, 9.17) is 18.8 Å². The number of unbranched alkanes of at least 4 members (excludes halogenated alkanes) is 10. The van der Waals surface area contributed by atoms with E-state index in [1.165, 1.54) is 44.9 Å². The van der Waals surface area contributed by atoms with Crippen molar-refractivity contribution in [2.45, 2.75) is 121 Å². The van der Waals surface area contributed by atoms with E-state index in [0.717, 1.165) is 19.3 Å². The molecule has 1 saturated heterocycles. The molecule has 0 unspecified atom stereocenters. The van der Waals surface area contributed by atoms with E-state index in [9.17, 15) is 33.6 Å². The van der Waals surface area contributed by atoms with Gasteiger partial charge in [-0.3, -0.25) is 9.35 Å². The third kappa shape index (κ3) is 14.5. The Balaban J connectivity index is 2.15. The number of carbonyl (C=O) groups is 1. The van der Waals surface area contributed by atoms with Crippen LogP contribution in [0.2, 0.25) is 0 Å². The molecule has 1 rings (SSSR count). The lowest BCUT2D eigenvalue weighted by Gasteiger charge is -2.40. The highest BCUT2D eigenvalue weighted by atomic mass is 32.2. The van der Waals surface area contributed by atoms with Gasteiger partial charge >= 0.3 is 5.97 Å². The molecule has 0 bridgehead atoms. The van der Waals surface area contributed by atoms with Crippen LogP contribution in [0.1, 0.15) is 84.0 Å². The Morgan fingerprint density at radius 1 is 0.857 bits per heavy atom. The summed E-state index contributed by atoms with van der Waals surface area (Å²) in [5, 5.41) is 39.6. The number of aliphatic hydroxyl groups excluding tert-OH is 4. The molecular weight excluding hydrogens is 484 g/mol. The topological polar surface area (TPSA) is 180 Å². The van der Waals surface area contributed by atoms with Gasteiger partial charge in [0.05, 0.1) is 6.61 Å². The molecule has 0 saturated carbocycles. The lowest BCUT2D eigenvalue weighted by Crippen LogP contribution is -2.60. The maximum atomic E-state index is 11.8. The van der Waals surface area contributed by atoms with E-state index < -0.39 is 65.3 Å². The van der Waals surface area contributed by atoms with E-state index in [-0.39, 0.29) is 13.0 Å². The third-order valence-corrected chi connectivity index (χ3v) is 6.67. The fourth-order valence-corrected chi connectivity index (χ4v) is 4.54. The first kappa shape index (κ1) is 32.2. The van der Waals surface area contributed by atoms with Crippen molar-refractivity contribution in [3.63, 3.8) is 0 Å². The summed E-state index contributed by atoms with van der Waals surface area (Å²) in [7, 11) is -4.53. The van der Waals surface area contributed by atoms with Crippen LogP contribution >= 0.6 is 0 Å². The summed E-state index contributed by atoms with van der Waals surface area (Å²) in [6, 6.07) is 0. The zero-order chi connectivity index (χ0) is 26.3. The van der Waals surface area contributed by atoms with Gasteiger partial charge in [-0.1, -0.05) is 71.1 Å². The molecule has 208 valence electrons. The van der Waals surface area contributed by atoms with Crippen LogP contribution in [-0.2, 0) is 29.1 Å². The van der Waals surface area contributed by atoms with Crippen molar-refractivity contribution >= 4 is 16.1 Å². The maximum Gasteiger partial charge on any atom is 0.305 e. The lowest BCUT2D eigenvalue weighted by molar-refractivity contribution is -0.296. The molecular formula is C23H44O11S. The molecule has 1 heterocycles.